The molecule has 7 unspecified atom stereocenters. The van der Waals surface area contributed by atoms with Crippen molar-refractivity contribution in [1.82, 2.24) is 0 Å². The standard InChI is InChI=1S/C18H30O2.C10H16O3.C6H8O3/c1-5-17(3,4)16(19)20-18(6-2)14-8-12-7-13(10-14)11-15(18)9-12;1-5-6(2)10-9(12-7(3)11)4-8(5)13-10;1-3-4(2)6(8)9-5(3)7/h12-15H,5-11H2,1-4H3;5-6,8-10H,4H2,1-3H3;3-4H,1-2H3. The maximum Gasteiger partial charge on any atom is 0.317 e. The number of cyclic esters (lactones) is 2. The van der Waals surface area contributed by atoms with Crippen LogP contribution in [-0.4, -0.2) is 47.8 Å². The van der Waals surface area contributed by atoms with Crippen LogP contribution in [0.3, 0.4) is 0 Å². The highest BCUT2D eigenvalue weighted by Gasteiger charge is 2.59. The minimum atomic E-state index is -0.396. The summed E-state index contributed by atoms with van der Waals surface area (Å²) in [6.45, 7) is 17.6. The zero-order valence-corrected chi connectivity index (χ0v) is 27.3. The third-order valence-corrected chi connectivity index (χ3v) is 11.9. The van der Waals surface area contributed by atoms with Gasteiger partial charge in [0.1, 0.15) is 11.7 Å². The Hall–Kier alpha value is -1.96. The molecule has 0 spiro atoms. The molecule has 6 bridgehead atoms. The second kappa shape index (κ2) is 12.6. The first-order chi connectivity index (χ1) is 19.6. The predicted molar refractivity (Wildman–Crippen MR) is 157 cm³/mol. The Morgan fingerprint density at radius 2 is 1.38 bits per heavy atom. The lowest BCUT2D eigenvalue weighted by atomic mass is 9.49. The highest BCUT2D eigenvalue weighted by Crippen LogP contribution is 2.61. The molecule has 238 valence electrons. The van der Waals surface area contributed by atoms with Gasteiger partial charge in [-0.05, 0) is 94.3 Å². The van der Waals surface area contributed by atoms with Gasteiger partial charge in [-0.3, -0.25) is 19.2 Å². The first-order valence-electron chi connectivity index (χ1n) is 16.4. The van der Waals surface area contributed by atoms with E-state index in [4.69, 9.17) is 14.2 Å². The van der Waals surface area contributed by atoms with Gasteiger partial charge in [0, 0.05) is 13.3 Å². The van der Waals surface area contributed by atoms with Crippen molar-refractivity contribution in [3.8, 4) is 0 Å². The summed E-state index contributed by atoms with van der Waals surface area (Å²) in [6, 6.07) is 0. The molecule has 4 saturated carbocycles. The van der Waals surface area contributed by atoms with Crippen molar-refractivity contribution < 1.29 is 38.1 Å². The van der Waals surface area contributed by atoms with Crippen LogP contribution in [0.15, 0.2) is 0 Å². The highest BCUT2D eigenvalue weighted by atomic mass is 16.6. The first kappa shape index (κ1) is 32.9. The molecule has 3 aliphatic heterocycles. The average molecular weight is 591 g/mol. The van der Waals surface area contributed by atoms with E-state index in [9.17, 15) is 19.2 Å². The van der Waals surface area contributed by atoms with E-state index < -0.39 is 11.9 Å². The molecule has 8 nitrogen and oxygen atoms in total. The fraction of sp³-hybridized carbons (Fsp3) is 0.882. The lowest BCUT2D eigenvalue weighted by molar-refractivity contribution is -0.218. The van der Waals surface area contributed by atoms with Gasteiger partial charge in [-0.2, -0.15) is 0 Å². The maximum atomic E-state index is 12.6. The Kier molecular flexibility index (Phi) is 9.86. The number of hydrogen-bond acceptors (Lipinski definition) is 8. The molecule has 7 aliphatic rings. The molecule has 7 atom stereocenters. The van der Waals surface area contributed by atoms with Crippen molar-refractivity contribution in [3.05, 3.63) is 0 Å². The predicted octanol–water partition coefficient (Wildman–Crippen LogP) is 6.27. The minimum Gasteiger partial charge on any atom is -0.460 e. The minimum absolute atomic E-state index is 0.00806. The Balaban J connectivity index is 0.000000158. The number of carbonyl (C=O) groups excluding carboxylic acids is 4. The van der Waals surface area contributed by atoms with E-state index in [1.165, 1.54) is 39.0 Å². The zero-order chi connectivity index (χ0) is 31.1. The van der Waals surface area contributed by atoms with Crippen LogP contribution in [0.25, 0.3) is 0 Å². The molecule has 0 amide bonds. The quantitative estimate of drug-likeness (QED) is 0.209. The summed E-state index contributed by atoms with van der Waals surface area (Å²) in [4.78, 5) is 44.5. The summed E-state index contributed by atoms with van der Waals surface area (Å²) in [6.07, 6.45) is 9.88. The van der Waals surface area contributed by atoms with Crippen LogP contribution in [0.5, 0.6) is 0 Å². The van der Waals surface area contributed by atoms with E-state index in [2.05, 4.69) is 32.4 Å². The van der Waals surface area contributed by atoms with Gasteiger partial charge in [-0.15, -0.1) is 0 Å². The molecule has 7 rings (SSSR count). The second-order valence-electron chi connectivity index (χ2n) is 14.8. The summed E-state index contributed by atoms with van der Waals surface area (Å²) < 4.78 is 21.5. The van der Waals surface area contributed by atoms with Crippen LogP contribution in [0, 0.1) is 52.8 Å². The van der Waals surface area contributed by atoms with Crippen molar-refractivity contribution in [2.24, 2.45) is 52.8 Å². The van der Waals surface area contributed by atoms with Gasteiger partial charge in [-0.1, -0.05) is 41.5 Å². The number of hydrogen-bond donors (Lipinski definition) is 0. The largest absolute Gasteiger partial charge is 0.460 e. The van der Waals surface area contributed by atoms with E-state index in [0.717, 1.165) is 31.1 Å². The molecule has 0 N–H and O–H groups in total. The molecule has 3 saturated heterocycles. The van der Waals surface area contributed by atoms with Crippen LogP contribution in [0.2, 0.25) is 0 Å². The second-order valence-corrected chi connectivity index (χ2v) is 14.8. The van der Waals surface area contributed by atoms with Crippen molar-refractivity contribution in [3.63, 3.8) is 0 Å². The third-order valence-electron chi connectivity index (χ3n) is 11.9. The summed E-state index contributed by atoms with van der Waals surface area (Å²) in [5.41, 5.74) is -0.465. The fourth-order valence-corrected chi connectivity index (χ4v) is 8.42. The lowest BCUT2D eigenvalue weighted by Crippen LogP contribution is -2.60. The molecule has 0 aromatic heterocycles. The van der Waals surface area contributed by atoms with Gasteiger partial charge in [0.15, 0.2) is 0 Å². The van der Waals surface area contributed by atoms with E-state index in [1.807, 2.05) is 13.8 Å². The van der Waals surface area contributed by atoms with Gasteiger partial charge in [0.25, 0.3) is 0 Å². The van der Waals surface area contributed by atoms with Gasteiger partial charge >= 0.3 is 23.9 Å². The molecule has 0 aromatic rings. The van der Waals surface area contributed by atoms with Gasteiger partial charge in [0.2, 0.25) is 0 Å². The number of fused-ring (bicyclic) bond motifs is 2. The molecule has 8 heteroatoms. The van der Waals surface area contributed by atoms with Crippen molar-refractivity contribution in [2.75, 3.05) is 0 Å². The topological polar surface area (TPSA) is 105 Å². The number of ether oxygens (including phenoxy) is 4. The van der Waals surface area contributed by atoms with Crippen LogP contribution in [-0.2, 0) is 38.1 Å². The molecular formula is C34H54O8. The molecule has 0 radical (unpaired) electrons. The molecule has 7 fully saturated rings. The zero-order valence-electron chi connectivity index (χ0n) is 27.3. The van der Waals surface area contributed by atoms with E-state index >= 15 is 0 Å². The number of esters is 4. The molecule has 42 heavy (non-hydrogen) atoms. The lowest BCUT2D eigenvalue weighted by Gasteiger charge is -2.60. The SMILES string of the molecule is CC(=O)OC1CC2OC1C(C)C2C.CC1C(=O)OC(=O)C1C.CCC(C)(C)C(=O)OC1(CC)C2CC3CC(C2)CC1C3. The van der Waals surface area contributed by atoms with Gasteiger partial charge < -0.3 is 18.9 Å². The Morgan fingerprint density at radius 3 is 1.74 bits per heavy atom. The van der Waals surface area contributed by atoms with Crippen LogP contribution in [0.4, 0.5) is 0 Å². The summed E-state index contributed by atoms with van der Waals surface area (Å²) in [5.74, 6) is 2.80. The van der Waals surface area contributed by atoms with E-state index in [0.29, 0.717) is 29.8 Å². The maximum absolute atomic E-state index is 12.6. The Labute approximate surface area is 252 Å². The molecule has 0 aromatic carbocycles. The van der Waals surface area contributed by atoms with E-state index in [1.54, 1.807) is 13.8 Å². The highest BCUT2D eigenvalue weighted by molar-refractivity contribution is 5.95. The normalized spacial score (nSPS) is 42.7. The Morgan fingerprint density at radius 1 is 0.857 bits per heavy atom. The Bertz CT molecular complexity index is 985. The molecule has 3 heterocycles. The van der Waals surface area contributed by atoms with Crippen LogP contribution in [0.1, 0.15) is 114 Å². The molecule has 4 aliphatic carbocycles. The number of carbonyl (C=O) groups is 4. The average Bonchev–Trinajstić information content (AvgIpc) is 3.54. The summed E-state index contributed by atoms with van der Waals surface area (Å²) in [5, 5.41) is 0. The van der Waals surface area contributed by atoms with Crippen molar-refractivity contribution in [2.45, 2.75) is 138 Å². The summed E-state index contributed by atoms with van der Waals surface area (Å²) in [7, 11) is 0. The molecular weight excluding hydrogens is 536 g/mol. The summed E-state index contributed by atoms with van der Waals surface area (Å²) >= 11 is 0. The first-order valence-corrected chi connectivity index (χ1v) is 16.4. The van der Waals surface area contributed by atoms with Crippen molar-refractivity contribution in [1.29, 1.82) is 0 Å². The van der Waals surface area contributed by atoms with E-state index in [-0.39, 0.29) is 47.0 Å². The third kappa shape index (κ3) is 6.30. The monoisotopic (exact) mass is 590 g/mol. The van der Waals surface area contributed by atoms with Crippen LogP contribution >= 0.6 is 0 Å². The fourth-order valence-electron chi connectivity index (χ4n) is 8.42. The van der Waals surface area contributed by atoms with Gasteiger partial charge in [-0.25, -0.2) is 0 Å². The van der Waals surface area contributed by atoms with Crippen LogP contribution < -0.4 is 0 Å². The smallest absolute Gasteiger partial charge is 0.317 e. The van der Waals surface area contributed by atoms with Gasteiger partial charge in [0.05, 0.1) is 29.5 Å². The van der Waals surface area contributed by atoms with Crippen molar-refractivity contribution >= 4 is 23.9 Å². The number of rotatable bonds is 5.